The Morgan fingerprint density at radius 2 is 1.75 bits per heavy atom. The maximum Gasteiger partial charge on any atom is 0.335 e. The van der Waals surface area contributed by atoms with Crippen molar-refractivity contribution in [2.45, 2.75) is 12.7 Å². The summed E-state index contributed by atoms with van der Waals surface area (Å²) < 4.78 is 10.6. The zero-order chi connectivity index (χ0) is 14.5. The number of hydrogen-bond donors (Lipinski definition) is 1. The maximum absolute atomic E-state index is 12.1. The first-order valence-corrected chi connectivity index (χ1v) is 6.40. The summed E-state index contributed by atoms with van der Waals surface area (Å²) in [6, 6.07) is 5.88. The lowest BCUT2D eigenvalue weighted by atomic mass is 10.1. The average Bonchev–Trinajstić information content (AvgIpc) is 2.97. The van der Waals surface area contributed by atoms with Crippen molar-refractivity contribution in [2.24, 2.45) is 0 Å². The minimum Gasteiger partial charge on any atom is -0.478 e. The molecule has 1 aromatic rings. The fourth-order valence-corrected chi connectivity index (χ4v) is 1.95. The standard InChI is InChI=1S/C14H17NO5/c1-15(7-6-12-19-8-9-20-12)13(16)10-2-4-11(5-3-10)14(17)18/h2-5,12H,6-9H2,1H3,(H,17,18). The van der Waals surface area contributed by atoms with Crippen molar-refractivity contribution < 1.29 is 24.2 Å². The highest BCUT2D eigenvalue weighted by atomic mass is 16.7. The lowest BCUT2D eigenvalue weighted by Gasteiger charge is -2.19. The Hall–Kier alpha value is -1.92. The van der Waals surface area contributed by atoms with Gasteiger partial charge in [0.25, 0.3) is 5.91 Å². The Balaban J connectivity index is 1.90. The molecule has 6 nitrogen and oxygen atoms in total. The van der Waals surface area contributed by atoms with E-state index in [1.807, 2.05) is 0 Å². The Bertz CT molecular complexity index is 479. The molecule has 0 atom stereocenters. The third-order valence-corrected chi connectivity index (χ3v) is 3.12. The van der Waals surface area contributed by atoms with Gasteiger partial charge in [0.2, 0.25) is 0 Å². The van der Waals surface area contributed by atoms with Crippen molar-refractivity contribution in [2.75, 3.05) is 26.8 Å². The van der Waals surface area contributed by atoms with Gasteiger partial charge in [-0.1, -0.05) is 0 Å². The SMILES string of the molecule is CN(CCC1OCCO1)C(=O)c1ccc(C(=O)O)cc1. The fourth-order valence-electron chi connectivity index (χ4n) is 1.95. The van der Waals surface area contributed by atoms with Crippen LogP contribution in [0.5, 0.6) is 0 Å². The third kappa shape index (κ3) is 3.55. The molecule has 2 rings (SSSR count). The van der Waals surface area contributed by atoms with Crippen LogP contribution >= 0.6 is 0 Å². The van der Waals surface area contributed by atoms with E-state index in [2.05, 4.69) is 0 Å². The van der Waals surface area contributed by atoms with E-state index in [4.69, 9.17) is 14.6 Å². The van der Waals surface area contributed by atoms with E-state index in [0.29, 0.717) is 31.7 Å². The molecular formula is C14H17NO5. The topological polar surface area (TPSA) is 76.1 Å². The fraction of sp³-hybridized carbons (Fsp3) is 0.429. The summed E-state index contributed by atoms with van der Waals surface area (Å²) in [7, 11) is 1.70. The number of carbonyl (C=O) groups is 2. The molecule has 0 saturated carbocycles. The summed E-state index contributed by atoms with van der Waals surface area (Å²) in [4.78, 5) is 24.4. The van der Waals surface area contributed by atoms with Gasteiger partial charge in [-0.25, -0.2) is 4.79 Å². The highest BCUT2D eigenvalue weighted by Crippen LogP contribution is 2.11. The van der Waals surface area contributed by atoms with Crippen LogP contribution in [0.4, 0.5) is 0 Å². The monoisotopic (exact) mass is 279 g/mol. The van der Waals surface area contributed by atoms with E-state index in [9.17, 15) is 9.59 Å². The summed E-state index contributed by atoms with van der Waals surface area (Å²) in [6.07, 6.45) is 0.384. The maximum atomic E-state index is 12.1. The first kappa shape index (κ1) is 14.5. The number of amides is 1. The molecule has 0 aliphatic carbocycles. The van der Waals surface area contributed by atoms with E-state index < -0.39 is 5.97 Å². The molecular weight excluding hydrogens is 262 g/mol. The molecule has 1 fully saturated rings. The molecule has 1 aliphatic rings. The van der Waals surface area contributed by atoms with Gasteiger partial charge in [0.15, 0.2) is 6.29 Å². The first-order chi connectivity index (χ1) is 9.58. The van der Waals surface area contributed by atoms with Gasteiger partial charge in [-0.05, 0) is 24.3 Å². The van der Waals surface area contributed by atoms with Crippen molar-refractivity contribution >= 4 is 11.9 Å². The number of carbonyl (C=O) groups excluding carboxylic acids is 1. The zero-order valence-corrected chi connectivity index (χ0v) is 11.2. The van der Waals surface area contributed by atoms with Crippen molar-refractivity contribution in [3.8, 4) is 0 Å². The van der Waals surface area contributed by atoms with Crippen LogP contribution in [0, 0.1) is 0 Å². The normalized spacial score (nSPS) is 15.2. The van der Waals surface area contributed by atoms with Crippen LogP contribution < -0.4 is 0 Å². The summed E-state index contributed by atoms with van der Waals surface area (Å²) >= 11 is 0. The van der Waals surface area contributed by atoms with E-state index in [1.165, 1.54) is 24.3 Å². The van der Waals surface area contributed by atoms with Gasteiger partial charge in [-0.3, -0.25) is 4.79 Å². The quantitative estimate of drug-likeness (QED) is 0.877. The summed E-state index contributed by atoms with van der Waals surface area (Å²) in [6.45, 7) is 1.71. The number of carboxylic acid groups (broad SMARTS) is 1. The van der Waals surface area contributed by atoms with Gasteiger partial charge in [-0.2, -0.15) is 0 Å². The average molecular weight is 279 g/mol. The molecule has 1 aliphatic heterocycles. The second-order valence-corrected chi connectivity index (χ2v) is 4.57. The molecule has 1 amide bonds. The first-order valence-electron chi connectivity index (χ1n) is 6.40. The highest BCUT2D eigenvalue weighted by Gasteiger charge is 2.18. The van der Waals surface area contributed by atoms with Crippen molar-refractivity contribution in [1.29, 1.82) is 0 Å². The molecule has 0 radical (unpaired) electrons. The van der Waals surface area contributed by atoms with Crippen LogP contribution in [0.1, 0.15) is 27.1 Å². The van der Waals surface area contributed by atoms with Gasteiger partial charge < -0.3 is 19.5 Å². The summed E-state index contributed by atoms with van der Waals surface area (Å²) in [5.41, 5.74) is 0.628. The van der Waals surface area contributed by atoms with Crippen molar-refractivity contribution in [3.63, 3.8) is 0 Å². The zero-order valence-electron chi connectivity index (χ0n) is 11.2. The number of carboxylic acids is 1. The number of nitrogens with zero attached hydrogens (tertiary/aromatic N) is 1. The lowest BCUT2D eigenvalue weighted by molar-refractivity contribution is -0.0494. The van der Waals surface area contributed by atoms with Crippen LogP contribution in [0.2, 0.25) is 0 Å². The van der Waals surface area contributed by atoms with Gasteiger partial charge >= 0.3 is 5.97 Å². The van der Waals surface area contributed by atoms with Crippen molar-refractivity contribution in [1.82, 2.24) is 4.90 Å². The molecule has 1 aromatic carbocycles. The third-order valence-electron chi connectivity index (χ3n) is 3.12. The van der Waals surface area contributed by atoms with Crippen LogP contribution in [-0.2, 0) is 9.47 Å². The smallest absolute Gasteiger partial charge is 0.335 e. The molecule has 20 heavy (non-hydrogen) atoms. The van der Waals surface area contributed by atoms with Crippen LogP contribution in [-0.4, -0.2) is 55.0 Å². The van der Waals surface area contributed by atoms with E-state index in [1.54, 1.807) is 11.9 Å². The van der Waals surface area contributed by atoms with Gasteiger partial charge in [0.05, 0.1) is 18.8 Å². The Morgan fingerprint density at radius 1 is 1.20 bits per heavy atom. The molecule has 0 bridgehead atoms. The van der Waals surface area contributed by atoms with Crippen LogP contribution in [0.15, 0.2) is 24.3 Å². The molecule has 6 heteroatoms. The number of aromatic carboxylic acids is 1. The summed E-state index contributed by atoms with van der Waals surface area (Å²) in [5.74, 6) is -1.16. The van der Waals surface area contributed by atoms with Gasteiger partial charge in [0, 0.05) is 25.6 Å². The van der Waals surface area contributed by atoms with Crippen LogP contribution in [0.3, 0.4) is 0 Å². The Labute approximate surface area is 116 Å². The Kier molecular flexibility index (Phi) is 4.70. The number of benzene rings is 1. The van der Waals surface area contributed by atoms with Gasteiger partial charge in [0.1, 0.15) is 0 Å². The second-order valence-electron chi connectivity index (χ2n) is 4.57. The van der Waals surface area contributed by atoms with Crippen molar-refractivity contribution in [3.05, 3.63) is 35.4 Å². The molecule has 1 N–H and O–H groups in total. The second kappa shape index (κ2) is 6.49. The predicted octanol–water partition coefficient (Wildman–Crippen LogP) is 1.22. The molecule has 0 spiro atoms. The Morgan fingerprint density at radius 3 is 2.30 bits per heavy atom. The molecule has 0 aromatic heterocycles. The predicted molar refractivity (Wildman–Crippen MR) is 70.7 cm³/mol. The highest BCUT2D eigenvalue weighted by molar-refractivity contribution is 5.95. The molecule has 0 unspecified atom stereocenters. The van der Waals surface area contributed by atoms with Crippen LogP contribution in [0.25, 0.3) is 0 Å². The number of rotatable bonds is 5. The molecule has 108 valence electrons. The number of hydrogen-bond acceptors (Lipinski definition) is 4. The molecule has 1 heterocycles. The lowest BCUT2D eigenvalue weighted by Crippen LogP contribution is -2.30. The summed E-state index contributed by atoms with van der Waals surface area (Å²) in [5, 5.41) is 8.81. The van der Waals surface area contributed by atoms with Gasteiger partial charge in [-0.15, -0.1) is 0 Å². The van der Waals surface area contributed by atoms with E-state index in [-0.39, 0.29) is 17.8 Å². The minimum absolute atomic E-state index is 0.153. The van der Waals surface area contributed by atoms with E-state index >= 15 is 0 Å². The largest absolute Gasteiger partial charge is 0.478 e. The minimum atomic E-state index is -1.01. The number of ether oxygens (including phenoxy) is 2. The van der Waals surface area contributed by atoms with E-state index in [0.717, 1.165) is 0 Å². The molecule has 1 saturated heterocycles.